The number of nitrogens with one attached hydrogen (secondary N) is 1. The fourth-order valence-corrected chi connectivity index (χ4v) is 3.46. The van der Waals surface area contributed by atoms with Gasteiger partial charge in [0.25, 0.3) is 0 Å². The predicted molar refractivity (Wildman–Crippen MR) is 98.3 cm³/mol. The lowest BCUT2D eigenvalue weighted by Gasteiger charge is -2.27. The number of thiophene rings is 1. The Morgan fingerprint density at radius 2 is 2.09 bits per heavy atom. The predicted octanol–water partition coefficient (Wildman–Crippen LogP) is 2.97. The smallest absolute Gasteiger partial charge is 0.220 e. The van der Waals surface area contributed by atoms with Crippen molar-refractivity contribution in [1.29, 1.82) is 0 Å². The second-order valence-corrected chi connectivity index (χ2v) is 6.57. The highest BCUT2D eigenvalue weighted by atomic mass is 35.5. The van der Waals surface area contributed by atoms with Crippen molar-refractivity contribution < 1.29 is 4.79 Å². The Bertz CT molecular complexity index is 409. The van der Waals surface area contributed by atoms with Crippen molar-refractivity contribution in [3.63, 3.8) is 0 Å². The SMILES string of the molecule is CC(N)CCC(=O)NCC(c1cccs1)N1CCCC1.Cl.Cl. The molecule has 2 atom stereocenters. The van der Waals surface area contributed by atoms with Gasteiger partial charge < -0.3 is 11.1 Å². The summed E-state index contributed by atoms with van der Waals surface area (Å²) in [6.45, 7) is 4.92. The van der Waals surface area contributed by atoms with Crippen LogP contribution >= 0.6 is 36.2 Å². The third-order valence-electron chi connectivity index (χ3n) is 3.77. The number of likely N-dealkylation sites (tertiary alicyclic amines) is 1. The molecule has 2 heterocycles. The molecule has 1 saturated heterocycles. The molecule has 0 radical (unpaired) electrons. The minimum atomic E-state index is 0. The van der Waals surface area contributed by atoms with Crippen LogP contribution < -0.4 is 11.1 Å². The Hall–Kier alpha value is -0.330. The molecule has 1 aliphatic rings. The van der Waals surface area contributed by atoms with Gasteiger partial charge in [-0.05, 0) is 50.7 Å². The molecule has 0 spiro atoms. The zero-order chi connectivity index (χ0) is 14.4. The monoisotopic (exact) mass is 367 g/mol. The van der Waals surface area contributed by atoms with E-state index in [0.717, 1.165) is 19.5 Å². The topological polar surface area (TPSA) is 58.4 Å². The Morgan fingerprint density at radius 3 is 2.64 bits per heavy atom. The van der Waals surface area contributed by atoms with Crippen LogP contribution in [0.1, 0.15) is 43.5 Å². The first kappa shape index (κ1) is 21.7. The molecule has 7 heteroatoms. The van der Waals surface area contributed by atoms with Crippen LogP contribution in [0.3, 0.4) is 0 Å². The maximum absolute atomic E-state index is 11.9. The van der Waals surface area contributed by atoms with Crippen LogP contribution in [0.25, 0.3) is 0 Å². The van der Waals surface area contributed by atoms with E-state index in [-0.39, 0.29) is 36.8 Å². The highest BCUT2D eigenvalue weighted by Crippen LogP contribution is 2.27. The average Bonchev–Trinajstić information content (AvgIpc) is 3.09. The highest BCUT2D eigenvalue weighted by molar-refractivity contribution is 7.10. The Morgan fingerprint density at radius 1 is 1.41 bits per heavy atom. The van der Waals surface area contributed by atoms with Crippen molar-refractivity contribution in [3.05, 3.63) is 22.4 Å². The molecule has 0 bridgehead atoms. The van der Waals surface area contributed by atoms with Gasteiger partial charge in [-0.3, -0.25) is 9.69 Å². The number of rotatable bonds is 7. The van der Waals surface area contributed by atoms with Crippen LogP contribution in [0.4, 0.5) is 0 Å². The zero-order valence-corrected chi connectivity index (χ0v) is 15.4. The van der Waals surface area contributed by atoms with Crippen LogP contribution in [0.15, 0.2) is 17.5 Å². The van der Waals surface area contributed by atoms with Gasteiger partial charge in [0.1, 0.15) is 0 Å². The van der Waals surface area contributed by atoms with Crippen LogP contribution in [0.5, 0.6) is 0 Å². The van der Waals surface area contributed by atoms with E-state index in [4.69, 9.17) is 5.73 Å². The van der Waals surface area contributed by atoms with Crippen molar-refractivity contribution in [3.8, 4) is 0 Å². The van der Waals surface area contributed by atoms with Gasteiger partial charge in [0.2, 0.25) is 5.91 Å². The van der Waals surface area contributed by atoms with Gasteiger partial charge >= 0.3 is 0 Å². The average molecular weight is 368 g/mol. The van der Waals surface area contributed by atoms with Gasteiger partial charge in [0.05, 0.1) is 6.04 Å². The molecule has 22 heavy (non-hydrogen) atoms. The maximum Gasteiger partial charge on any atom is 0.220 e. The fourth-order valence-electron chi connectivity index (χ4n) is 2.60. The third-order valence-corrected chi connectivity index (χ3v) is 4.75. The number of hydrogen-bond donors (Lipinski definition) is 2. The van der Waals surface area contributed by atoms with E-state index in [2.05, 4.69) is 27.7 Å². The third kappa shape index (κ3) is 6.84. The van der Waals surface area contributed by atoms with Gasteiger partial charge in [-0.25, -0.2) is 0 Å². The van der Waals surface area contributed by atoms with E-state index in [1.807, 2.05) is 6.92 Å². The van der Waals surface area contributed by atoms with Gasteiger partial charge in [0.15, 0.2) is 0 Å². The second kappa shape index (κ2) is 11.2. The summed E-state index contributed by atoms with van der Waals surface area (Å²) in [5.41, 5.74) is 5.69. The van der Waals surface area contributed by atoms with E-state index in [0.29, 0.717) is 19.0 Å². The maximum atomic E-state index is 11.9. The van der Waals surface area contributed by atoms with E-state index in [1.54, 1.807) is 11.3 Å². The summed E-state index contributed by atoms with van der Waals surface area (Å²) >= 11 is 1.77. The summed E-state index contributed by atoms with van der Waals surface area (Å²) in [5.74, 6) is 0.114. The summed E-state index contributed by atoms with van der Waals surface area (Å²) in [7, 11) is 0. The standard InChI is InChI=1S/C15H25N3OS.2ClH/c1-12(16)6-7-15(19)17-11-13(14-5-4-10-20-14)18-8-2-3-9-18;;/h4-5,10,12-13H,2-3,6-9,11,16H2,1H3,(H,17,19);2*1H. The van der Waals surface area contributed by atoms with E-state index < -0.39 is 0 Å². The van der Waals surface area contributed by atoms with Gasteiger partial charge in [0, 0.05) is 23.9 Å². The lowest BCUT2D eigenvalue weighted by Crippen LogP contribution is -2.36. The van der Waals surface area contributed by atoms with Crippen molar-refractivity contribution in [2.75, 3.05) is 19.6 Å². The van der Waals surface area contributed by atoms with Crippen molar-refractivity contribution >= 4 is 42.1 Å². The Labute approximate surface area is 149 Å². The number of nitrogens with zero attached hydrogens (tertiary/aromatic N) is 1. The quantitative estimate of drug-likeness (QED) is 0.778. The Balaban J connectivity index is 0.00000220. The molecule has 0 aromatic carbocycles. The number of halogens is 2. The second-order valence-electron chi connectivity index (χ2n) is 5.59. The van der Waals surface area contributed by atoms with Crippen LogP contribution in [0.2, 0.25) is 0 Å². The fraction of sp³-hybridized carbons (Fsp3) is 0.667. The van der Waals surface area contributed by atoms with Gasteiger partial charge in [-0.2, -0.15) is 0 Å². The molecular formula is C15H27Cl2N3OS. The molecule has 128 valence electrons. The molecule has 1 aliphatic heterocycles. The first-order valence-electron chi connectivity index (χ1n) is 7.46. The molecule has 2 unspecified atom stereocenters. The van der Waals surface area contributed by atoms with E-state index in [1.165, 1.54) is 17.7 Å². The van der Waals surface area contributed by atoms with Crippen LogP contribution in [0, 0.1) is 0 Å². The molecule has 3 N–H and O–H groups in total. The minimum Gasteiger partial charge on any atom is -0.354 e. The lowest BCUT2D eigenvalue weighted by molar-refractivity contribution is -0.121. The first-order valence-corrected chi connectivity index (χ1v) is 8.34. The number of nitrogens with two attached hydrogens (primary N) is 1. The number of hydrogen-bond acceptors (Lipinski definition) is 4. The largest absolute Gasteiger partial charge is 0.354 e. The van der Waals surface area contributed by atoms with Gasteiger partial charge in [-0.15, -0.1) is 36.2 Å². The lowest BCUT2D eigenvalue weighted by atomic mass is 10.1. The minimum absolute atomic E-state index is 0. The van der Waals surface area contributed by atoms with Crippen molar-refractivity contribution in [2.45, 2.75) is 44.7 Å². The number of carbonyl (C=O) groups excluding carboxylic acids is 1. The molecule has 1 fully saturated rings. The van der Waals surface area contributed by atoms with Crippen LogP contribution in [-0.2, 0) is 4.79 Å². The van der Waals surface area contributed by atoms with Gasteiger partial charge in [-0.1, -0.05) is 6.07 Å². The number of carbonyl (C=O) groups is 1. The summed E-state index contributed by atoms with van der Waals surface area (Å²) in [5, 5.41) is 5.18. The molecule has 0 aliphatic carbocycles. The zero-order valence-electron chi connectivity index (χ0n) is 13.0. The summed E-state index contributed by atoms with van der Waals surface area (Å²) in [6.07, 6.45) is 3.80. The van der Waals surface area contributed by atoms with E-state index >= 15 is 0 Å². The van der Waals surface area contributed by atoms with Crippen molar-refractivity contribution in [1.82, 2.24) is 10.2 Å². The highest BCUT2D eigenvalue weighted by Gasteiger charge is 2.24. The Kier molecular flexibility index (Phi) is 11.1. The molecule has 1 amide bonds. The molecule has 4 nitrogen and oxygen atoms in total. The van der Waals surface area contributed by atoms with Crippen molar-refractivity contribution in [2.24, 2.45) is 5.73 Å². The molecule has 1 aromatic heterocycles. The normalized spacial score (nSPS) is 17.2. The van der Waals surface area contributed by atoms with E-state index in [9.17, 15) is 4.79 Å². The molecule has 2 rings (SSSR count). The summed E-state index contributed by atoms with van der Waals surface area (Å²) in [6, 6.07) is 4.67. The molecule has 1 aromatic rings. The van der Waals surface area contributed by atoms with Crippen LogP contribution in [-0.4, -0.2) is 36.5 Å². The summed E-state index contributed by atoms with van der Waals surface area (Å²) in [4.78, 5) is 15.7. The number of amides is 1. The molecular weight excluding hydrogens is 341 g/mol. The molecule has 0 saturated carbocycles. The first-order chi connectivity index (χ1) is 9.66. The summed E-state index contributed by atoms with van der Waals surface area (Å²) < 4.78 is 0.